The van der Waals surface area contributed by atoms with E-state index in [0.717, 1.165) is 23.3 Å². The predicted molar refractivity (Wildman–Crippen MR) is 104 cm³/mol. The van der Waals surface area contributed by atoms with Crippen LogP contribution in [0.15, 0.2) is 51.8 Å². The average molecular weight is 384 g/mol. The molecular formula is C20H20N2O4S. The van der Waals surface area contributed by atoms with Gasteiger partial charge in [0.2, 0.25) is 5.89 Å². The number of hydrogen-bond donors (Lipinski definition) is 1. The Morgan fingerprint density at radius 2 is 1.81 bits per heavy atom. The van der Waals surface area contributed by atoms with Gasteiger partial charge in [0.1, 0.15) is 5.76 Å². The van der Waals surface area contributed by atoms with Crippen molar-refractivity contribution in [2.45, 2.75) is 25.7 Å². The summed E-state index contributed by atoms with van der Waals surface area (Å²) in [6, 6.07) is 11.7. The first-order chi connectivity index (χ1) is 12.6. The molecule has 0 fully saturated rings. The van der Waals surface area contributed by atoms with E-state index >= 15 is 0 Å². The summed E-state index contributed by atoms with van der Waals surface area (Å²) in [6.45, 7) is 5.47. The van der Waals surface area contributed by atoms with Gasteiger partial charge in [-0.1, -0.05) is 12.1 Å². The van der Waals surface area contributed by atoms with Crippen LogP contribution in [0.4, 0.5) is 5.69 Å². The topological polar surface area (TPSA) is 89.3 Å². The van der Waals surface area contributed by atoms with Gasteiger partial charge in [0.05, 0.1) is 10.6 Å². The highest BCUT2D eigenvalue weighted by molar-refractivity contribution is 7.90. The molecular weight excluding hydrogens is 364 g/mol. The number of carbonyl (C=O) groups is 1. The van der Waals surface area contributed by atoms with Crippen molar-refractivity contribution >= 4 is 21.4 Å². The van der Waals surface area contributed by atoms with Gasteiger partial charge in [-0.15, -0.1) is 0 Å². The lowest BCUT2D eigenvalue weighted by atomic mass is 10.1. The van der Waals surface area contributed by atoms with Gasteiger partial charge in [-0.25, -0.2) is 13.4 Å². The summed E-state index contributed by atoms with van der Waals surface area (Å²) in [4.78, 5) is 17.1. The highest BCUT2D eigenvalue weighted by Crippen LogP contribution is 2.25. The first-order valence-corrected chi connectivity index (χ1v) is 10.2. The Labute approximate surface area is 158 Å². The van der Waals surface area contributed by atoms with Gasteiger partial charge in [0.25, 0.3) is 5.91 Å². The third kappa shape index (κ3) is 4.09. The number of sulfone groups is 1. The Balaban J connectivity index is 1.90. The third-order valence-electron chi connectivity index (χ3n) is 4.28. The largest absolute Gasteiger partial charge is 0.441 e. The molecule has 7 heteroatoms. The number of amides is 1. The Kier molecular flexibility index (Phi) is 4.89. The van der Waals surface area contributed by atoms with Crippen LogP contribution in [0.1, 0.15) is 27.4 Å². The molecule has 0 atom stereocenters. The fraction of sp³-hybridized carbons (Fsp3) is 0.200. The van der Waals surface area contributed by atoms with Crippen molar-refractivity contribution in [3.63, 3.8) is 0 Å². The van der Waals surface area contributed by atoms with Gasteiger partial charge in [-0.2, -0.15) is 0 Å². The van der Waals surface area contributed by atoms with E-state index in [1.807, 2.05) is 19.9 Å². The van der Waals surface area contributed by atoms with Crippen LogP contribution in [0.25, 0.3) is 11.5 Å². The summed E-state index contributed by atoms with van der Waals surface area (Å²) in [5, 5.41) is 2.81. The lowest BCUT2D eigenvalue weighted by molar-refractivity contribution is 0.102. The molecule has 1 amide bonds. The molecule has 140 valence electrons. The number of aryl methyl sites for hydroxylation is 3. The van der Waals surface area contributed by atoms with Gasteiger partial charge in [-0.05, 0) is 56.7 Å². The van der Waals surface area contributed by atoms with Crippen LogP contribution >= 0.6 is 0 Å². The molecule has 1 aromatic heterocycles. The third-order valence-corrected chi connectivity index (χ3v) is 5.39. The van der Waals surface area contributed by atoms with Crippen LogP contribution in [0.5, 0.6) is 0 Å². The maximum Gasteiger partial charge on any atom is 0.255 e. The van der Waals surface area contributed by atoms with E-state index in [4.69, 9.17) is 4.42 Å². The molecule has 0 aliphatic heterocycles. The zero-order valence-corrected chi connectivity index (χ0v) is 16.3. The summed E-state index contributed by atoms with van der Waals surface area (Å²) in [5.74, 6) is 0.846. The highest BCUT2D eigenvalue weighted by Gasteiger charge is 2.15. The van der Waals surface area contributed by atoms with Crippen molar-refractivity contribution in [1.82, 2.24) is 4.98 Å². The van der Waals surface area contributed by atoms with E-state index < -0.39 is 9.84 Å². The Morgan fingerprint density at radius 1 is 1.07 bits per heavy atom. The molecule has 0 saturated carbocycles. The molecule has 0 saturated heterocycles. The van der Waals surface area contributed by atoms with Gasteiger partial charge < -0.3 is 9.73 Å². The molecule has 3 rings (SSSR count). The second kappa shape index (κ2) is 7.00. The molecule has 0 spiro atoms. The number of oxazole rings is 1. The van der Waals surface area contributed by atoms with Crippen molar-refractivity contribution in [2.75, 3.05) is 11.6 Å². The fourth-order valence-corrected chi connectivity index (χ4v) is 3.25. The fourth-order valence-electron chi connectivity index (χ4n) is 2.60. The second-order valence-corrected chi connectivity index (χ2v) is 8.46. The summed E-state index contributed by atoms with van der Waals surface area (Å²) in [6.07, 6.45) is 1.11. The van der Waals surface area contributed by atoms with Gasteiger partial charge in [0, 0.05) is 23.1 Å². The zero-order chi connectivity index (χ0) is 19.8. The smallest absolute Gasteiger partial charge is 0.255 e. The number of rotatable bonds is 4. The quantitative estimate of drug-likeness (QED) is 0.736. The molecule has 0 radical (unpaired) electrons. The first-order valence-electron chi connectivity index (χ1n) is 8.31. The number of benzene rings is 2. The standard InChI is InChI=1S/C20H20N2O4S/c1-12-8-9-17(27(4,24)25)11-18(12)19(23)22-16-7-5-6-15(10-16)20-21-13(2)14(3)26-20/h5-11H,1-4H3,(H,22,23). The lowest BCUT2D eigenvalue weighted by Gasteiger charge is -2.10. The maximum absolute atomic E-state index is 12.7. The van der Waals surface area contributed by atoms with Crippen molar-refractivity contribution in [3.05, 3.63) is 65.0 Å². The molecule has 27 heavy (non-hydrogen) atoms. The molecule has 6 nitrogen and oxygen atoms in total. The minimum Gasteiger partial charge on any atom is -0.441 e. The van der Waals surface area contributed by atoms with E-state index in [1.54, 1.807) is 31.2 Å². The van der Waals surface area contributed by atoms with Gasteiger partial charge in [-0.3, -0.25) is 4.79 Å². The molecule has 1 N–H and O–H groups in total. The number of nitrogens with zero attached hydrogens (tertiary/aromatic N) is 1. The van der Waals surface area contributed by atoms with Crippen molar-refractivity contribution in [3.8, 4) is 11.5 Å². The lowest BCUT2D eigenvalue weighted by Crippen LogP contribution is -2.14. The molecule has 0 unspecified atom stereocenters. The second-order valence-electron chi connectivity index (χ2n) is 6.44. The Morgan fingerprint density at radius 3 is 2.44 bits per heavy atom. The van der Waals surface area contributed by atoms with E-state index in [9.17, 15) is 13.2 Å². The highest BCUT2D eigenvalue weighted by atomic mass is 32.2. The Bertz CT molecular complexity index is 1110. The van der Waals surface area contributed by atoms with Gasteiger partial charge in [0.15, 0.2) is 9.84 Å². The van der Waals surface area contributed by atoms with Crippen LogP contribution in [0, 0.1) is 20.8 Å². The molecule has 0 aliphatic rings. The molecule has 3 aromatic rings. The normalized spacial score (nSPS) is 11.4. The van der Waals surface area contributed by atoms with E-state index in [1.165, 1.54) is 12.1 Å². The summed E-state index contributed by atoms with van der Waals surface area (Å²) < 4.78 is 29.1. The predicted octanol–water partition coefficient (Wildman–Crippen LogP) is 3.92. The number of hydrogen-bond acceptors (Lipinski definition) is 5. The summed E-state index contributed by atoms with van der Waals surface area (Å²) in [5.41, 5.74) is 3.12. The number of carbonyl (C=O) groups excluding carboxylic acids is 1. The first kappa shape index (κ1) is 18.8. The molecule has 0 bridgehead atoms. The monoisotopic (exact) mass is 384 g/mol. The average Bonchev–Trinajstić information content (AvgIpc) is 2.93. The minimum absolute atomic E-state index is 0.109. The van der Waals surface area contributed by atoms with Crippen LogP contribution in [0.2, 0.25) is 0 Å². The van der Waals surface area contributed by atoms with Crippen LogP contribution in [0.3, 0.4) is 0 Å². The molecule has 0 aliphatic carbocycles. The van der Waals surface area contributed by atoms with Gasteiger partial charge >= 0.3 is 0 Å². The summed E-state index contributed by atoms with van der Waals surface area (Å²) in [7, 11) is -3.39. The minimum atomic E-state index is -3.39. The van der Waals surface area contributed by atoms with Crippen LogP contribution < -0.4 is 5.32 Å². The van der Waals surface area contributed by atoms with E-state index in [2.05, 4.69) is 10.3 Å². The van der Waals surface area contributed by atoms with Crippen LogP contribution in [-0.4, -0.2) is 25.6 Å². The zero-order valence-electron chi connectivity index (χ0n) is 15.5. The van der Waals surface area contributed by atoms with Crippen molar-refractivity contribution in [2.24, 2.45) is 0 Å². The van der Waals surface area contributed by atoms with Crippen LogP contribution in [-0.2, 0) is 9.84 Å². The number of anilines is 1. The molecule has 2 aromatic carbocycles. The SMILES string of the molecule is Cc1ccc(S(C)(=O)=O)cc1C(=O)Nc1cccc(-c2nc(C)c(C)o2)c1. The van der Waals surface area contributed by atoms with E-state index in [0.29, 0.717) is 22.7 Å². The molecule has 1 heterocycles. The van der Waals surface area contributed by atoms with E-state index in [-0.39, 0.29) is 10.8 Å². The maximum atomic E-state index is 12.7. The Hall–Kier alpha value is -2.93. The summed E-state index contributed by atoms with van der Waals surface area (Å²) >= 11 is 0. The number of aromatic nitrogens is 1. The number of nitrogens with one attached hydrogen (secondary N) is 1. The van der Waals surface area contributed by atoms with Crippen molar-refractivity contribution in [1.29, 1.82) is 0 Å². The van der Waals surface area contributed by atoms with Crippen molar-refractivity contribution < 1.29 is 17.6 Å².